The van der Waals surface area contributed by atoms with Crippen molar-refractivity contribution in [1.82, 2.24) is 5.48 Å². The highest BCUT2D eigenvalue weighted by Crippen LogP contribution is 2.27. The molecule has 0 fully saturated rings. The van der Waals surface area contributed by atoms with Crippen LogP contribution < -0.4 is 10.2 Å². The Morgan fingerprint density at radius 1 is 1.36 bits per heavy atom. The Hall–Kier alpha value is -0.770. The molecule has 78 valence electrons. The van der Waals surface area contributed by atoms with Crippen molar-refractivity contribution < 1.29 is 9.57 Å². The molecular weight excluding hydrogens is 202 g/mol. The van der Waals surface area contributed by atoms with Gasteiger partial charge in [0.1, 0.15) is 5.75 Å². The van der Waals surface area contributed by atoms with Crippen LogP contribution in [-0.2, 0) is 11.4 Å². The van der Waals surface area contributed by atoms with Gasteiger partial charge in [-0.25, -0.2) is 0 Å². The number of hydrogen-bond acceptors (Lipinski definition) is 3. The molecule has 0 spiro atoms. The van der Waals surface area contributed by atoms with E-state index in [4.69, 9.17) is 21.2 Å². The van der Waals surface area contributed by atoms with Gasteiger partial charge in [-0.05, 0) is 24.6 Å². The summed E-state index contributed by atoms with van der Waals surface area (Å²) in [6.45, 7) is 2.53. The van der Waals surface area contributed by atoms with Crippen LogP contribution in [0.5, 0.6) is 5.75 Å². The van der Waals surface area contributed by atoms with Gasteiger partial charge in [0.05, 0.1) is 14.2 Å². The first kappa shape index (κ1) is 11.3. The summed E-state index contributed by atoms with van der Waals surface area (Å²) in [5.41, 5.74) is 4.76. The van der Waals surface area contributed by atoms with Crippen molar-refractivity contribution in [2.24, 2.45) is 0 Å². The molecule has 1 aromatic carbocycles. The predicted octanol–water partition coefficient (Wildman–Crippen LogP) is 2.31. The predicted molar refractivity (Wildman–Crippen MR) is 56.6 cm³/mol. The maximum Gasteiger partial charge on any atom is 0.126 e. The highest BCUT2D eigenvalue weighted by molar-refractivity contribution is 6.30. The molecule has 0 heterocycles. The first-order chi connectivity index (χ1) is 6.69. The number of nitrogens with one attached hydrogen (secondary N) is 1. The van der Waals surface area contributed by atoms with Crippen LogP contribution >= 0.6 is 11.6 Å². The molecule has 1 N–H and O–H groups in total. The SMILES string of the molecule is CONCc1cc(Cl)cc(C)c1OC. The van der Waals surface area contributed by atoms with Crippen LogP contribution in [0.4, 0.5) is 0 Å². The maximum absolute atomic E-state index is 5.93. The first-order valence-electron chi connectivity index (χ1n) is 4.28. The molecule has 3 nitrogen and oxygen atoms in total. The molecule has 0 aliphatic heterocycles. The van der Waals surface area contributed by atoms with Gasteiger partial charge in [-0.2, -0.15) is 5.48 Å². The molecule has 4 heteroatoms. The van der Waals surface area contributed by atoms with Gasteiger partial charge in [0, 0.05) is 17.1 Å². The smallest absolute Gasteiger partial charge is 0.126 e. The summed E-state index contributed by atoms with van der Waals surface area (Å²) >= 11 is 5.93. The molecule has 0 bridgehead atoms. The van der Waals surface area contributed by atoms with Gasteiger partial charge in [0.25, 0.3) is 0 Å². The molecule has 0 unspecified atom stereocenters. The van der Waals surface area contributed by atoms with Crippen LogP contribution in [0.3, 0.4) is 0 Å². The van der Waals surface area contributed by atoms with E-state index >= 15 is 0 Å². The summed E-state index contributed by atoms with van der Waals surface area (Å²) in [5, 5.41) is 0.705. The Balaban J connectivity index is 2.99. The highest BCUT2D eigenvalue weighted by Gasteiger charge is 2.07. The van der Waals surface area contributed by atoms with Crippen molar-refractivity contribution in [2.45, 2.75) is 13.5 Å². The molecular formula is C10H14ClNO2. The topological polar surface area (TPSA) is 30.5 Å². The average Bonchev–Trinajstić information content (AvgIpc) is 2.14. The van der Waals surface area contributed by atoms with Crippen LogP contribution in [-0.4, -0.2) is 14.2 Å². The first-order valence-corrected chi connectivity index (χ1v) is 4.65. The van der Waals surface area contributed by atoms with Crippen molar-refractivity contribution in [3.8, 4) is 5.75 Å². The lowest BCUT2D eigenvalue weighted by atomic mass is 10.1. The van der Waals surface area contributed by atoms with Gasteiger partial charge in [0.2, 0.25) is 0 Å². The largest absolute Gasteiger partial charge is 0.496 e. The molecule has 1 aromatic rings. The fourth-order valence-corrected chi connectivity index (χ4v) is 1.67. The minimum absolute atomic E-state index is 0.571. The fraction of sp³-hybridized carbons (Fsp3) is 0.400. The van der Waals surface area contributed by atoms with E-state index in [0.717, 1.165) is 16.9 Å². The number of hydrogen-bond donors (Lipinski definition) is 1. The summed E-state index contributed by atoms with van der Waals surface area (Å²) in [7, 11) is 3.22. The molecule has 0 saturated carbocycles. The molecule has 0 aliphatic rings. The van der Waals surface area contributed by atoms with Gasteiger partial charge < -0.3 is 9.57 Å². The van der Waals surface area contributed by atoms with Gasteiger partial charge in [-0.15, -0.1) is 0 Å². The van der Waals surface area contributed by atoms with Gasteiger partial charge >= 0.3 is 0 Å². The summed E-state index contributed by atoms with van der Waals surface area (Å²) in [6.07, 6.45) is 0. The lowest BCUT2D eigenvalue weighted by Crippen LogP contribution is -2.12. The van der Waals surface area contributed by atoms with Crippen LogP contribution in [0.2, 0.25) is 5.02 Å². The van der Waals surface area contributed by atoms with E-state index in [1.54, 1.807) is 14.2 Å². The lowest BCUT2D eigenvalue weighted by molar-refractivity contribution is 0.0861. The van der Waals surface area contributed by atoms with E-state index in [1.807, 2.05) is 19.1 Å². The monoisotopic (exact) mass is 215 g/mol. The standard InChI is InChI=1S/C10H14ClNO2/c1-7-4-9(11)5-8(6-12-14-3)10(7)13-2/h4-5,12H,6H2,1-3H3. The number of hydroxylamine groups is 1. The van der Waals surface area contributed by atoms with Crippen LogP contribution in [0, 0.1) is 6.92 Å². The number of halogens is 1. The summed E-state index contributed by atoms with van der Waals surface area (Å²) in [4.78, 5) is 4.78. The van der Waals surface area contributed by atoms with Crippen molar-refractivity contribution in [1.29, 1.82) is 0 Å². The van der Waals surface area contributed by atoms with Gasteiger partial charge in [0.15, 0.2) is 0 Å². The third-order valence-electron chi connectivity index (χ3n) is 1.93. The van der Waals surface area contributed by atoms with Crippen LogP contribution in [0.25, 0.3) is 0 Å². The second-order valence-corrected chi connectivity index (χ2v) is 3.38. The number of rotatable bonds is 4. The molecule has 0 amide bonds. The lowest BCUT2D eigenvalue weighted by Gasteiger charge is -2.12. The second-order valence-electron chi connectivity index (χ2n) is 2.94. The zero-order valence-electron chi connectivity index (χ0n) is 8.56. The third kappa shape index (κ3) is 2.61. The fourth-order valence-electron chi connectivity index (χ4n) is 1.37. The quantitative estimate of drug-likeness (QED) is 0.782. The van der Waals surface area contributed by atoms with Crippen molar-refractivity contribution in [2.75, 3.05) is 14.2 Å². The minimum atomic E-state index is 0.571. The van der Waals surface area contributed by atoms with E-state index in [2.05, 4.69) is 5.48 Å². The maximum atomic E-state index is 5.93. The van der Waals surface area contributed by atoms with Crippen molar-refractivity contribution in [3.63, 3.8) is 0 Å². The summed E-state index contributed by atoms with van der Waals surface area (Å²) in [5.74, 6) is 0.846. The van der Waals surface area contributed by atoms with E-state index in [0.29, 0.717) is 11.6 Å². The molecule has 0 saturated heterocycles. The molecule has 0 aliphatic carbocycles. The number of ether oxygens (including phenoxy) is 1. The number of benzene rings is 1. The van der Waals surface area contributed by atoms with Gasteiger partial charge in [-0.3, -0.25) is 0 Å². The second kappa shape index (κ2) is 5.20. The Kier molecular flexibility index (Phi) is 4.20. The zero-order chi connectivity index (χ0) is 10.6. The highest BCUT2D eigenvalue weighted by atomic mass is 35.5. The Morgan fingerprint density at radius 2 is 2.07 bits per heavy atom. The molecule has 0 aromatic heterocycles. The van der Waals surface area contributed by atoms with E-state index < -0.39 is 0 Å². The molecule has 1 rings (SSSR count). The van der Waals surface area contributed by atoms with Crippen molar-refractivity contribution in [3.05, 3.63) is 28.3 Å². The van der Waals surface area contributed by atoms with E-state index in [-0.39, 0.29) is 0 Å². The average molecular weight is 216 g/mol. The third-order valence-corrected chi connectivity index (χ3v) is 2.15. The Morgan fingerprint density at radius 3 is 2.64 bits per heavy atom. The van der Waals surface area contributed by atoms with Crippen molar-refractivity contribution >= 4 is 11.6 Å². The normalized spacial score (nSPS) is 10.3. The minimum Gasteiger partial charge on any atom is -0.496 e. The molecule has 0 atom stereocenters. The zero-order valence-corrected chi connectivity index (χ0v) is 9.31. The number of aryl methyl sites for hydroxylation is 1. The van der Waals surface area contributed by atoms with Gasteiger partial charge in [-0.1, -0.05) is 11.6 Å². The van der Waals surface area contributed by atoms with E-state index in [9.17, 15) is 0 Å². The summed E-state index contributed by atoms with van der Waals surface area (Å²) < 4.78 is 5.27. The van der Waals surface area contributed by atoms with Crippen LogP contribution in [0.1, 0.15) is 11.1 Å². The summed E-state index contributed by atoms with van der Waals surface area (Å²) in [6, 6.07) is 3.73. The molecule has 0 radical (unpaired) electrons. The Bertz CT molecular complexity index is 315. The van der Waals surface area contributed by atoms with E-state index in [1.165, 1.54) is 0 Å². The molecule has 14 heavy (non-hydrogen) atoms. The van der Waals surface area contributed by atoms with Crippen LogP contribution in [0.15, 0.2) is 12.1 Å². The Labute approximate surface area is 88.9 Å². The number of methoxy groups -OCH3 is 1.